The van der Waals surface area contributed by atoms with E-state index in [9.17, 15) is 22.4 Å². The van der Waals surface area contributed by atoms with Crippen LogP contribution < -0.4 is 21.6 Å². The summed E-state index contributed by atoms with van der Waals surface area (Å²) in [4.78, 5) is 12.1. The van der Waals surface area contributed by atoms with Gasteiger partial charge in [-0.2, -0.15) is 13.2 Å². The quantitative estimate of drug-likeness (QED) is 0.126. The van der Waals surface area contributed by atoms with Gasteiger partial charge in [0.25, 0.3) is 0 Å². The maximum atomic E-state index is 13.9. The third kappa shape index (κ3) is 9.46. The van der Waals surface area contributed by atoms with E-state index in [1.54, 1.807) is 6.20 Å². The second-order valence-electron chi connectivity index (χ2n) is 8.04. The summed E-state index contributed by atoms with van der Waals surface area (Å²) < 4.78 is 57.6. The van der Waals surface area contributed by atoms with Gasteiger partial charge in [-0.25, -0.2) is 10.2 Å². The highest BCUT2D eigenvalue weighted by molar-refractivity contribution is 5.92. The number of halogens is 4. The lowest BCUT2D eigenvalue weighted by Gasteiger charge is -2.14. The molecule has 1 amide bonds. The van der Waals surface area contributed by atoms with Crippen molar-refractivity contribution in [1.82, 2.24) is 10.3 Å². The van der Waals surface area contributed by atoms with Crippen molar-refractivity contribution in [3.8, 4) is 5.75 Å². The molecule has 0 fully saturated rings. The van der Waals surface area contributed by atoms with Gasteiger partial charge in [0, 0.05) is 42.7 Å². The first-order valence-electron chi connectivity index (χ1n) is 11.1. The van der Waals surface area contributed by atoms with Gasteiger partial charge in [-0.1, -0.05) is 24.8 Å². The average molecular weight is 507 g/mol. The summed E-state index contributed by atoms with van der Waals surface area (Å²) in [6.45, 7) is 6.86. The number of carbonyl (C=O) groups excluding carboxylic acids is 1. The Hall–Kier alpha value is -3.79. The first kappa shape index (κ1) is 28.4. The third-order valence-corrected chi connectivity index (χ3v) is 5.09. The molecule has 6 nitrogen and oxygen atoms in total. The largest absolute Gasteiger partial charge is 0.493 e. The highest BCUT2D eigenvalue weighted by Crippen LogP contribution is 2.30. The van der Waals surface area contributed by atoms with Gasteiger partial charge in [0.15, 0.2) is 0 Å². The number of benzene rings is 2. The monoisotopic (exact) mass is 506 g/mol. The zero-order valence-electron chi connectivity index (χ0n) is 19.9. The molecule has 0 heterocycles. The van der Waals surface area contributed by atoms with Crippen LogP contribution >= 0.6 is 0 Å². The number of hydrazine groups is 1. The molecule has 0 radical (unpaired) electrons. The van der Waals surface area contributed by atoms with Crippen molar-refractivity contribution in [2.24, 2.45) is 11.6 Å². The Morgan fingerprint density at radius 3 is 2.61 bits per heavy atom. The third-order valence-electron chi connectivity index (χ3n) is 5.09. The van der Waals surface area contributed by atoms with Gasteiger partial charge in [0.05, 0.1) is 12.2 Å². The molecule has 0 bridgehead atoms. The molecule has 2 rings (SSSR count). The molecule has 0 aliphatic carbocycles. The second kappa shape index (κ2) is 13.3. The van der Waals surface area contributed by atoms with Crippen LogP contribution in [0.3, 0.4) is 0 Å². The van der Waals surface area contributed by atoms with E-state index in [2.05, 4.69) is 11.9 Å². The van der Waals surface area contributed by atoms with E-state index < -0.39 is 23.5 Å². The van der Waals surface area contributed by atoms with Crippen LogP contribution in [0.1, 0.15) is 35.1 Å². The fourth-order valence-electron chi connectivity index (χ4n) is 3.22. The number of allylic oxidation sites excluding steroid dienone is 1. The van der Waals surface area contributed by atoms with E-state index >= 15 is 0 Å². The summed E-state index contributed by atoms with van der Waals surface area (Å²) in [5.74, 6) is 4.83. The maximum absolute atomic E-state index is 13.9. The molecule has 2 aromatic rings. The Kier molecular flexibility index (Phi) is 10.5. The SMILES string of the molecule is C=C(CCc1ccc(OCCCN(N)/C=C\N)c(C)c1)NC(=O)/C=C/c1ccc(C(F)(F)F)cc1F. The van der Waals surface area contributed by atoms with Crippen molar-refractivity contribution in [2.75, 3.05) is 13.2 Å². The lowest BCUT2D eigenvalue weighted by Crippen LogP contribution is -2.27. The number of nitrogens with two attached hydrogens (primary N) is 2. The number of nitrogens with one attached hydrogen (secondary N) is 1. The van der Waals surface area contributed by atoms with Gasteiger partial charge in [0.1, 0.15) is 11.6 Å². The lowest BCUT2D eigenvalue weighted by atomic mass is 10.1. The molecule has 0 saturated carbocycles. The number of hydrogen-bond donors (Lipinski definition) is 3. The first-order chi connectivity index (χ1) is 17.0. The minimum Gasteiger partial charge on any atom is -0.493 e. The van der Waals surface area contributed by atoms with Gasteiger partial charge < -0.3 is 20.8 Å². The Morgan fingerprint density at radius 1 is 1.22 bits per heavy atom. The molecule has 0 aliphatic rings. The van der Waals surface area contributed by atoms with Crippen molar-refractivity contribution in [2.45, 2.75) is 32.4 Å². The Bertz CT molecular complexity index is 1110. The summed E-state index contributed by atoms with van der Waals surface area (Å²) in [6.07, 6.45) is 2.27. The minimum atomic E-state index is -4.64. The van der Waals surface area contributed by atoms with Crippen molar-refractivity contribution in [3.63, 3.8) is 0 Å². The molecule has 2 aromatic carbocycles. The zero-order valence-corrected chi connectivity index (χ0v) is 19.9. The van der Waals surface area contributed by atoms with Crippen LogP contribution in [0.2, 0.25) is 0 Å². The fraction of sp³-hybridized carbons (Fsp3) is 0.269. The summed E-state index contributed by atoms with van der Waals surface area (Å²) in [5.41, 5.74) is 6.50. The molecule has 0 unspecified atom stereocenters. The molecule has 0 saturated heterocycles. The van der Waals surface area contributed by atoms with Gasteiger partial charge in [-0.3, -0.25) is 4.79 Å². The topological polar surface area (TPSA) is 93.6 Å². The van der Waals surface area contributed by atoms with Crippen LogP contribution in [-0.4, -0.2) is 24.1 Å². The van der Waals surface area contributed by atoms with Crippen LogP contribution in [0.5, 0.6) is 5.75 Å². The van der Waals surface area contributed by atoms with Gasteiger partial charge in [0.2, 0.25) is 5.91 Å². The van der Waals surface area contributed by atoms with Crippen LogP contribution in [-0.2, 0) is 17.4 Å². The molecule has 10 heteroatoms. The van der Waals surface area contributed by atoms with Crippen LogP contribution in [0.15, 0.2) is 67.2 Å². The highest BCUT2D eigenvalue weighted by Gasteiger charge is 2.30. The zero-order chi connectivity index (χ0) is 26.7. The number of ether oxygens (including phenoxy) is 1. The predicted molar refractivity (Wildman–Crippen MR) is 132 cm³/mol. The van der Waals surface area contributed by atoms with Crippen molar-refractivity contribution in [1.29, 1.82) is 0 Å². The normalized spacial score (nSPS) is 11.7. The summed E-state index contributed by atoms with van der Waals surface area (Å²) in [6, 6.07) is 7.92. The summed E-state index contributed by atoms with van der Waals surface area (Å²) in [7, 11) is 0. The number of alkyl halides is 3. The fourth-order valence-corrected chi connectivity index (χ4v) is 3.22. The number of carbonyl (C=O) groups is 1. The van der Waals surface area contributed by atoms with E-state index in [1.807, 2.05) is 25.1 Å². The van der Waals surface area contributed by atoms with Crippen LogP contribution in [0.4, 0.5) is 17.6 Å². The highest BCUT2D eigenvalue weighted by atomic mass is 19.4. The Morgan fingerprint density at radius 2 is 1.97 bits per heavy atom. The Labute approximate surface area is 207 Å². The predicted octanol–water partition coefficient (Wildman–Crippen LogP) is 4.80. The lowest BCUT2D eigenvalue weighted by molar-refractivity contribution is -0.137. The van der Waals surface area contributed by atoms with Crippen molar-refractivity contribution >= 4 is 12.0 Å². The molecule has 194 valence electrons. The Balaban J connectivity index is 1.80. The second-order valence-corrected chi connectivity index (χ2v) is 8.04. The van der Waals surface area contributed by atoms with Crippen LogP contribution in [0.25, 0.3) is 6.08 Å². The number of aryl methyl sites for hydroxylation is 2. The molecular weight excluding hydrogens is 476 g/mol. The van der Waals surface area contributed by atoms with Crippen molar-refractivity contribution < 1.29 is 27.1 Å². The maximum Gasteiger partial charge on any atom is 0.416 e. The number of rotatable bonds is 12. The molecule has 0 spiro atoms. The van der Waals surface area contributed by atoms with Gasteiger partial charge in [-0.15, -0.1) is 0 Å². The van der Waals surface area contributed by atoms with Gasteiger partial charge in [-0.05, 0) is 55.2 Å². The average Bonchev–Trinajstić information content (AvgIpc) is 2.80. The first-order valence-corrected chi connectivity index (χ1v) is 11.1. The molecule has 0 aromatic heterocycles. The van der Waals surface area contributed by atoms with Crippen LogP contribution in [0, 0.1) is 12.7 Å². The summed E-state index contributed by atoms with van der Waals surface area (Å²) in [5, 5.41) is 4.06. The molecule has 0 atom stereocenters. The summed E-state index contributed by atoms with van der Waals surface area (Å²) >= 11 is 0. The molecule has 5 N–H and O–H groups in total. The van der Waals surface area contributed by atoms with E-state index in [4.69, 9.17) is 16.3 Å². The molecular formula is C26H30F4N4O2. The molecule has 0 aliphatic heterocycles. The van der Waals surface area contributed by atoms with Crippen molar-refractivity contribution in [3.05, 3.63) is 95.2 Å². The smallest absolute Gasteiger partial charge is 0.416 e. The van der Waals surface area contributed by atoms with E-state index in [0.717, 1.165) is 47.6 Å². The number of hydrogen-bond acceptors (Lipinski definition) is 5. The molecule has 36 heavy (non-hydrogen) atoms. The number of nitrogens with zero attached hydrogens (tertiary/aromatic N) is 1. The minimum absolute atomic E-state index is 0.130. The number of amides is 1. The van der Waals surface area contributed by atoms with Gasteiger partial charge >= 0.3 is 6.18 Å². The van der Waals surface area contributed by atoms with E-state index in [1.165, 1.54) is 11.2 Å². The van der Waals surface area contributed by atoms with E-state index in [-0.39, 0.29) is 5.56 Å². The van der Waals surface area contributed by atoms with E-state index in [0.29, 0.717) is 37.8 Å². The standard InChI is InChI=1S/C26H30F4N4O2/c1-18-16-20(6-10-24(18)36-15-3-13-34(32)14-12-31)5-4-19(2)33-25(35)11-8-21-7-9-22(17-23(21)27)26(28,29)30/h6-12,14,16-17H,2-5,13,15,31-32H2,1H3,(H,33,35)/b11-8+,14-12-.